The van der Waals surface area contributed by atoms with Crippen molar-refractivity contribution in [3.8, 4) is 0 Å². The molecule has 2 atom stereocenters. The summed E-state index contributed by atoms with van der Waals surface area (Å²) < 4.78 is 5.53. The largest absolute Gasteiger partial charge is 0.396 e. The predicted molar refractivity (Wildman–Crippen MR) is 55.6 cm³/mol. The Morgan fingerprint density at radius 1 is 1.54 bits per heavy atom. The Labute approximate surface area is 80.9 Å². The fourth-order valence-corrected chi connectivity index (χ4v) is 0.825. The van der Waals surface area contributed by atoms with Crippen molar-refractivity contribution < 1.29 is 9.84 Å². The molecule has 0 saturated carbocycles. The van der Waals surface area contributed by atoms with Gasteiger partial charge < -0.3 is 9.84 Å². The lowest BCUT2D eigenvalue weighted by atomic mass is 10.1. The van der Waals surface area contributed by atoms with E-state index in [1.807, 2.05) is 26.8 Å². The minimum atomic E-state index is 0.0955. The van der Waals surface area contributed by atoms with Gasteiger partial charge in [0.1, 0.15) is 0 Å². The molecule has 0 bridgehead atoms. The van der Waals surface area contributed by atoms with Gasteiger partial charge in [0.25, 0.3) is 0 Å². The number of rotatable bonds is 6. The molecule has 2 nitrogen and oxygen atoms in total. The molecule has 0 spiro atoms. The van der Waals surface area contributed by atoms with Crippen molar-refractivity contribution >= 4 is 0 Å². The second-order valence-corrected chi connectivity index (χ2v) is 3.42. The number of aliphatic hydroxyl groups excluding tert-OH is 1. The third-order valence-electron chi connectivity index (χ3n) is 2.07. The Morgan fingerprint density at radius 2 is 2.15 bits per heavy atom. The van der Waals surface area contributed by atoms with E-state index < -0.39 is 0 Å². The topological polar surface area (TPSA) is 29.5 Å². The highest BCUT2D eigenvalue weighted by Gasteiger charge is 2.10. The Morgan fingerprint density at radius 3 is 2.62 bits per heavy atom. The molecule has 0 unspecified atom stereocenters. The average molecular weight is 184 g/mol. The van der Waals surface area contributed by atoms with Crippen LogP contribution in [0.3, 0.4) is 0 Å². The Balaban J connectivity index is 3.75. The molecule has 0 heterocycles. The Hall–Kier alpha value is -0.600. The zero-order valence-corrected chi connectivity index (χ0v) is 8.79. The first-order valence-electron chi connectivity index (χ1n) is 4.62. The van der Waals surface area contributed by atoms with Gasteiger partial charge in [-0.2, -0.15) is 0 Å². The van der Waals surface area contributed by atoms with E-state index in [1.165, 1.54) is 0 Å². The summed E-state index contributed by atoms with van der Waals surface area (Å²) in [6, 6.07) is 0. The minimum absolute atomic E-state index is 0.0955. The van der Waals surface area contributed by atoms with Crippen molar-refractivity contribution in [3.63, 3.8) is 0 Å². The summed E-state index contributed by atoms with van der Waals surface area (Å²) in [5, 5.41) is 8.86. The van der Waals surface area contributed by atoms with Gasteiger partial charge in [-0.1, -0.05) is 25.7 Å². The number of hydrogen-bond donors (Lipinski definition) is 1. The highest BCUT2D eigenvalue weighted by atomic mass is 16.5. The standard InChI is InChI=1S/C11H20O2/c1-5-6-9(2)8-13-11(4)10(3)7-12/h5-6,10-12H,1,7-8H2,2-4H3/b9-6+/t10-,11-/m1/s1. The maximum absolute atomic E-state index is 8.86. The van der Waals surface area contributed by atoms with E-state index in [1.54, 1.807) is 6.08 Å². The van der Waals surface area contributed by atoms with Crippen molar-refractivity contribution in [2.75, 3.05) is 13.2 Å². The zero-order valence-electron chi connectivity index (χ0n) is 8.79. The zero-order chi connectivity index (χ0) is 10.3. The Bertz CT molecular complexity index is 173. The van der Waals surface area contributed by atoms with Crippen LogP contribution in [-0.2, 0) is 4.74 Å². The minimum Gasteiger partial charge on any atom is -0.396 e. The summed E-state index contributed by atoms with van der Waals surface area (Å²) >= 11 is 0. The number of ether oxygens (including phenoxy) is 1. The molecule has 0 saturated heterocycles. The van der Waals surface area contributed by atoms with Gasteiger partial charge in [-0.05, 0) is 19.4 Å². The lowest BCUT2D eigenvalue weighted by Gasteiger charge is -2.18. The predicted octanol–water partition coefficient (Wildman–Crippen LogP) is 2.15. The second kappa shape index (κ2) is 6.87. The second-order valence-electron chi connectivity index (χ2n) is 3.42. The molecule has 0 aromatic heterocycles. The van der Waals surface area contributed by atoms with Crippen molar-refractivity contribution in [2.24, 2.45) is 5.92 Å². The third kappa shape index (κ3) is 5.61. The lowest BCUT2D eigenvalue weighted by molar-refractivity contribution is 0.0239. The molecule has 13 heavy (non-hydrogen) atoms. The lowest BCUT2D eigenvalue weighted by Crippen LogP contribution is -2.21. The molecular formula is C11H20O2. The van der Waals surface area contributed by atoms with Crippen LogP contribution < -0.4 is 0 Å². The summed E-state index contributed by atoms with van der Waals surface area (Å²) in [4.78, 5) is 0. The highest BCUT2D eigenvalue weighted by Crippen LogP contribution is 2.07. The molecule has 1 N–H and O–H groups in total. The van der Waals surface area contributed by atoms with Crippen molar-refractivity contribution in [1.29, 1.82) is 0 Å². The molecule has 0 fully saturated rings. The highest BCUT2D eigenvalue weighted by molar-refractivity contribution is 5.07. The monoisotopic (exact) mass is 184 g/mol. The molecule has 0 amide bonds. The molecule has 0 rings (SSSR count). The third-order valence-corrected chi connectivity index (χ3v) is 2.07. The fourth-order valence-electron chi connectivity index (χ4n) is 0.825. The van der Waals surface area contributed by atoms with Gasteiger partial charge >= 0.3 is 0 Å². The maximum Gasteiger partial charge on any atom is 0.0680 e. The maximum atomic E-state index is 8.86. The van der Waals surface area contributed by atoms with Crippen LogP contribution >= 0.6 is 0 Å². The molecule has 0 aromatic carbocycles. The van der Waals surface area contributed by atoms with E-state index in [4.69, 9.17) is 9.84 Å². The van der Waals surface area contributed by atoms with Crippen LogP contribution in [0.25, 0.3) is 0 Å². The van der Waals surface area contributed by atoms with Crippen LogP contribution in [0.1, 0.15) is 20.8 Å². The first-order chi connectivity index (χ1) is 6.11. The van der Waals surface area contributed by atoms with E-state index >= 15 is 0 Å². The van der Waals surface area contributed by atoms with E-state index in [0.717, 1.165) is 5.57 Å². The van der Waals surface area contributed by atoms with Gasteiger partial charge in [-0.3, -0.25) is 0 Å². The number of aliphatic hydroxyl groups is 1. The van der Waals surface area contributed by atoms with Crippen LogP contribution in [0.2, 0.25) is 0 Å². The average Bonchev–Trinajstić information content (AvgIpc) is 2.13. The summed E-state index contributed by atoms with van der Waals surface area (Å²) in [5.41, 5.74) is 1.15. The van der Waals surface area contributed by atoms with Gasteiger partial charge in [0, 0.05) is 12.5 Å². The molecule has 0 aliphatic heterocycles. The smallest absolute Gasteiger partial charge is 0.0680 e. The van der Waals surface area contributed by atoms with Gasteiger partial charge in [0.15, 0.2) is 0 Å². The fraction of sp³-hybridized carbons (Fsp3) is 0.636. The first kappa shape index (κ1) is 12.4. The van der Waals surface area contributed by atoms with E-state index in [2.05, 4.69) is 6.58 Å². The van der Waals surface area contributed by atoms with Crippen LogP contribution in [0, 0.1) is 5.92 Å². The quantitative estimate of drug-likeness (QED) is 0.641. The molecule has 0 aliphatic rings. The van der Waals surface area contributed by atoms with Crippen LogP contribution in [-0.4, -0.2) is 24.4 Å². The summed E-state index contributed by atoms with van der Waals surface area (Å²) in [6.07, 6.45) is 3.77. The normalized spacial score (nSPS) is 16.8. The Kier molecular flexibility index (Phi) is 6.55. The van der Waals surface area contributed by atoms with E-state index in [-0.39, 0.29) is 18.6 Å². The number of hydrogen-bond acceptors (Lipinski definition) is 2. The number of allylic oxidation sites excluding steroid dienone is 2. The summed E-state index contributed by atoms with van der Waals surface area (Å²) in [6.45, 7) is 10.3. The molecule has 0 aromatic rings. The van der Waals surface area contributed by atoms with Gasteiger partial charge in [-0.25, -0.2) is 0 Å². The molecule has 2 heteroatoms. The van der Waals surface area contributed by atoms with E-state index in [9.17, 15) is 0 Å². The van der Waals surface area contributed by atoms with E-state index in [0.29, 0.717) is 6.61 Å². The van der Waals surface area contributed by atoms with Crippen molar-refractivity contribution in [1.82, 2.24) is 0 Å². The van der Waals surface area contributed by atoms with Crippen LogP contribution in [0.5, 0.6) is 0 Å². The van der Waals surface area contributed by atoms with Crippen LogP contribution in [0.15, 0.2) is 24.3 Å². The van der Waals surface area contributed by atoms with Gasteiger partial charge in [0.05, 0.1) is 12.7 Å². The van der Waals surface area contributed by atoms with Gasteiger partial charge in [-0.15, -0.1) is 0 Å². The summed E-state index contributed by atoms with van der Waals surface area (Å²) in [5.74, 6) is 0.191. The first-order valence-corrected chi connectivity index (χ1v) is 4.62. The molecule has 76 valence electrons. The van der Waals surface area contributed by atoms with Crippen molar-refractivity contribution in [2.45, 2.75) is 26.9 Å². The molecular weight excluding hydrogens is 164 g/mol. The molecule has 0 aliphatic carbocycles. The van der Waals surface area contributed by atoms with Crippen LogP contribution in [0.4, 0.5) is 0 Å². The molecule has 0 radical (unpaired) electrons. The summed E-state index contributed by atoms with van der Waals surface area (Å²) in [7, 11) is 0. The van der Waals surface area contributed by atoms with Crippen molar-refractivity contribution in [3.05, 3.63) is 24.3 Å². The SMILES string of the molecule is C=C/C=C(\C)CO[C@H](C)[C@H](C)CO. The van der Waals surface area contributed by atoms with Gasteiger partial charge in [0.2, 0.25) is 0 Å².